The summed E-state index contributed by atoms with van der Waals surface area (Å²) in [5, 5.41) is 19.2. The number of carbonyl (C=O) groups is 3. The van der Waals surface area contributed by atoms with Gasteiger partial charge in [0.1, 0.15) is 11.4 Å². The molecule has 230 valence electrons. The fraction of sp³-hybridized carbons (Fsp3) is 0.257. The number of anilines is 1. The van der Waals surface area contributed by atoms with Crippen LogP contribution in [0.25, 0.3) is 32.5 Å². The smallest absolute Gasteiger partial charge is 0.355 e. The first-order chi connectivity index (χ1) is 21.7. The molecule has 4 heterocycles. The van der Waals surface area contributed by atoms with Crippen LogP contribution in [0, 0.1) is 5.92 Å². The van der Waals surface area contributed by atoms with Gasteiger partial charge in [0, 0.05) is 62.9 Å². The SMILES string of the molecule is CCCNC(=O)c1ccc(-c2cc3c(cc2C(=O)Nc2ccc4[nH]ccc4c2CC(C)C)-c2sccc2CCO3)c(C(=O)O)n1. The number of hydrogen-bond acceptors (Lipinski definition) is 6. The maximum absolute atomic E-state index is 14.3. The Morgan fingerprint density at radius 3 is 2.67 bits per heavy atom. The van der Waals surface area contributed by atoms with Gasteiger partial charge in [-0.15, -0.1) is 11.3 Å². The number of aromatic nitrogens is 2. The molecule has 2 aromatic carbocycles. The molecule has 0 atom stereocenters. The minimum Gasteiger partial charge on any atom is -0.493 e. The van der Waals surface area contributed by atoms with Crippen molar-refractivity contribution < 1.29 is 24.2 Å². The second kappa shape index (κ2) is 12.6. The summed E-state index contributed by atoms with van der Waals surface area (Å²) in [6, 6.07) is 14.4. The molecular formula is C35H34N4O5S. The molecule has 1 aliphatic rings. The Morgan fingerprint density at radius 2 is 1.89 bits per heavy atom. The topological polar surface area (TPSA) is 133 Å². The molecule has 45 heavy (non-hydrogen) atoms. The molecule has 4 N–H and O–H groups in total. The first-order valence-corrected chi connectivity index (χ1v) is 15.9. The van der Waals surface area contributed by atoms with Crippen molar-refractivity contribution in [3.8, 4) is 27.3 Å². The number of benzene rings is 2. The van der Waals surface area contributed by atoms with E-state index in [0.717, 1.165) is 45.3 Å². The highest BCUT2D eigenvalue weighted by Crippen LogP contribution is 2.43. The van der Waals surface area contributed by atoms with Gasteiger partial charge in [-0.1, -0.05) is 20.8 Å². The molecule has 0 fully saturated rings. The van der Waals surface area contributed by atoms with Crippen molar-refractivity contribution in [3.63, 3.8) is 0 Å². The predicted octanol–water partition coefficient (Wildman–Crippen LogP) is 7.18. The van der Waals surface area contributed by atoms with Crippen molar-refractivity contribution >= 4 is 45.7 Å². The van der Waals surface area contributed by atoms with Gasteiger partial charge >= 0.3 is 5.97 Å². The third-order valence-corrected chi connectivity index (χ3v) is 8.84. The number of H-pyrrole nitrogens is 1. The minimum atomic E-state index is -1.31. The van der Waals surface area contributed by atoms with Crippen LogP contribution in [0.4, 0.5) is 5.69 Å². The van der Waals surface area contributed by atoms with Crippen molar-refractivity contribution in [2.75, 3.05) is 18.5 Å². The Balaban J connectivity index is 1.51. The number of carboxylic acids is 1. The molecule has 0 aliphatic carbocycles. The lowest BCUT2D eigenvalue weighted by atomic mass is 9.93. The van der Waals surface area contributed by atoms with Crippen LogP contribution < -0.4 is 15.4 Å². The molecule has 3 aromatic heterocycles. The second-order valence-electron chi connectivity index (χ2n) is 11.5. The van der Waals surface area contributed by atoms with Crippen LogP contribution in [-0.2, 0) is 12.8 Å². The number of fused-ring (bicyclic) bond motifs is 4. The van der Waals surface area contributed by atoms with E-state index >= 15 is 0 Å². The first-order valence-electron chi connectivity index (χ1n) is 15.1. The van der Waals surface area contributed by atoms with E-state index in [1.54, 1.807) is 29.5 Å². The standard InChI is InChI=1S/C35H34N4O5S/c1-4-12-37-34(41)29-6-5-22(31(38-29)35(42)43)23-18-30-26(32-20(10-14-44-30)11-15-45-32)17-25(23)33(40)39-28-8-7-27-21(9-13-36-27)24(28)16-19(2)3/h5-9,11,13,15,17-19,36H,4,10,12,14,16H2,1-3H3,(H,37,41)(H,39,40)(H,42,43). The van der Waals surface area contributed by atoms with Crippen molar-refractivity contribution in [2.45, 2.75) is 40.0 Å². The molecule has 0 bridgehead atoms. The third-order valence-electron chi connectivity index (χ3n) is 7.85. The van der Waals surface area contributed by atoms with Crippen molar-refractivity contribution in [1.29, 1.82) is 0 Å². The van der Waals surface area contributed by atoms with Crippen LogP contribution in [0.5, 0.6) is 5.75 Å². The largest absolute Gasteiger partial charge is 0.493 e. The average molecular weight is 623 g/mol. The van der Waals surface area contributed by atoms with Crippen LogP contribution in [-0.4, -0.2) is 46.0 Å². The van der Waals surface area contributed by atoms with E-state index in [2.05, 4.69) is 40.5 Å². The molecule has 10 heteroatoms. The molecule has 0 unspecified atom stereocenters. The monoisotopic (exact) mass is 622 g/mol. The van der Waals surface area contributed by atoms with Crippen molar-refractivity contribution in [3.05, 3.63) is 88.2 Å². The fourth-order valence-corrected chi connectivity index (χ4v) is 6.73. The van der Waals surface area contributed by atoms with Crippen molar-refractivity contribution in [2.24, 2.45) is 5.92 Å². The number of rotatable bonds is 9. The second-order valence-corrected chi connectivity index (χ2v) is 12.4. The lowest BCUT2D eigenvalue weighted by Crippen LogP contribution is -2.25. The molecule has 5 aromatic rings. The summed E-state index contributed by atoms with van der Waals surface area (Å²) in [5.74, 6) is -1.27. The maximum Gasteiger partial charge on any atom is 0.355 e. The highest BCUT2D eigenvalue weighted by atomic mass is 32.1. The van der Waals surface area contributed by atoms with Gasteiger partial charge in [-0.2, -0.15) is 0 Å². The number of aromatic carboxylic acids is 1. The molecule has 1 aliphatic heterocycles. The summed E-state index contributed by atoms with van der Waals surface area (Å²) < 4.78 is 6.15. The van der Waals surface area contributed by atoms with E-state index in [0.29, 0.717) is 42.5 Å². The predicted molar refractivity (Wildman–Crippen MR) is 177 cm³/mol. The van der Waals surface area contributed by atoms with Crippen molar-refractivity contribution in [1.82, 2.24) is 15.3 Å². The number of aromatic amines is 1. The quantitative estimate of drug-likeness (QED) is 0.138. The summed E-state index contributed by atoms with van der Waals surface area (Å²) >= 11 is 1.57. The number of amides is 2. The Morgan fingerprint density at radius 1 is 1.04 bits per heavy atom. The molecule has 0 spiro atoms. The highest BCUT2D eigenvalue weighted by molar-refractivity contribution is 7.13. The zero-order chi connectivity index (χ0) is 31.7. The van der Waals surface area contributed by atoms with Crippen LogP contribution in [0.3, 0.4) is 0 Å². The molecule has 0 radical (unpaired) electrons. The Labute approximate surface area is 264 Å². The van der Waals surface area contributed by atoms with E-state index in [9.17, 15) is 19.5 Å². The fourth-order valence-electron chi connectivity index (χ4n) is 5.75. The lowest BCUT2D eigenvalue weighted by Gasteiger charge is -2.19. The first kappa shape index (κ1) is 30.1. The van der Waals surface area contributed by atoms with Gasteiger partial charge in [-0.25, -0.2) is 9.78 Å². The molecule has 0 saturated heterocycles. The number of nitrogens with one attached hydrogen (secondary N) is 3. The minimum absolute atomic E-state index is 0.0111. The third kappa shape index (κ3) is 5.93. The van der Waals surface area contributed by atoms with Gasteiger partial charge in [0.15, 0.2) is 5.69 Å². The van der Waals surface area contributed by atoms with E-state index in [-0.39, 0.29) is 22.5 Å². The number of ether oxygens (including phenoxy) is 1. The molecular weight excluding hydrogens is 588 g/mol. The number of carboxylic acid groups (broad SMARTS) is 1. The number of carbonyl (C=O) groups excluding carboxylic acids is 2. The number of thiophene rings is 1. The molecule has 0 saturated carbocycles. The average Bonchev–Trinajstić information content (AvgIpc) is 3.67. The number of pyridine rings is 1. The number of nitrogens with zero attached hydrogens (tertiary/aromatic N) is 1. The summed E-state index contributed by atoms with van der Waals surface area (Å²) in [4.78, 5) is 48.0. The Bertz CT molecular complexity index is 1940. The zero-order valence-corrected chi connectivity index (χ0v) is 26.1. The van der Waals surface area contributed by atoms with Gasteiger partial charge in [-0.05, 0) is 83.8 Å². The zero-order valence-electron chi connectivity index (χ0n) is 25.3. The van der Waals surface area contributed by atoms with Gasteiger partial charge in [-0.3, -0.25) is 9.59 Å². The van der Waals surface area contributed by atoms with E-state index in [4.69, 9.17) is 4.74 Å². The number of hydrogen-bond donors (Lipinski definition) is 4. The van der Waals surface area contributed by atoms with Crippen LogP contribution >= 0.6 is 11.3 Å². The van der Waals surface area contributed by atoms with E-state index in [1.165, 1.54) is 6.07 Å². The van der Waals surface area contributed by atoms with Gasteiger partial charge in [0.2, 0.25) is 0 Å². The highest BCUT2D eigenvalue weighted by Gasteiger charge is 2.27. The van der Waals surface area contributed by atoms with Gasteiger partial charge < -0.3 is 25.5 Å². The Kier molecular flexibility index (Phi) is 8.40. The summed E-state index contributed by atoms with van der Waals surface area (Å²) in [6.45, 7) is 7.07. The molecule has 9 nitrogen and oxygen atoms in total. The van der Waals surface area contributed by atoms with Crippen LogP contribution in [0.2, 0.25) is 0 Å². The Hall–Kier alpha value is -4.96. The summed E-state index contributed by atoms with van der Waals surface area (Å²) in [6.07, 6.45) is 4.08. The van der Waals surface area contributed by atoms with E-state index in [1.807, 2.05) is 36.7 Å². The van der Waals surface area contributed by atoms with Crippen LogP contribution in [0.1, 0.15) is 69.7 Å². The summed E-state index contributed by atoms with van der Waals surface area (Å²) in [5.41, 5.74) is 5.10. The lowest BCUT2D eigenvalue weighted by molar-refractivity contribution is 0.0691. The molecule has 6 rings (SSSR count). The van der Waals surface area contributed by atoms with Gasteiger partial charge in [0.05, 0.1) is 6.61 Å². The normalized spacial score (nSPS) is 12.3. The van der Waals surface area contributed by atoms with Crippen LogP contribution in [0.15, 0.2) is 60.1 Å². The maximum atomic E-state index is 14.3. The molecule has 2 amide bonds. The van der Waals surface area contributed by atoms with E-state index < -0.39 is 17.8 Å². The summed E-state index contributed by atoms with van der Waals surface area (Å²) in [7, 11) is 0. The van der Waals surface area contributed by atoms with Gasteiger partial charge in [0.25, 0.3) is 11.8 Å².